The number of aliphatic hydroxyl groups excluding tert-OH is 1. The number of nitrogens with zero attached hydrogens (tertiary/aromatic N) is 1. The number of nitro groups is 1. The summed E-state index contributed by atoms with van der Waals surface area (Å²) in [5, 5.41) is 23.4. The average molecular weight is 405 g/mol. The molecular formula is C16H12ClF3N2O5. The van der Waals surface area contributed by atoms with Crippen LogP contribution in [0.15, 0.2) is 42.5 Å². The molecule has 0 heterocycles. The molecule has 0 fully saturated rings. The Morgan fingerprint density at radius 2 is 1.89 bits per heavy atom. The maximum absolute atomic E-state index is 12.1. The van der Waals surface area contributed by atoms with E-state index in [1.165, 1.54) is 24.3 Å². The van der Waals surface area contributed by atoms with Crippen LogP contribution in [-0.2, 0) is 0 Å². The first-order valence-corrected chi connectivity index (χ1v) is 7.70. The number of carbonyl (C=O) groups excluding carboxylic acids is 1. The number of halogens is 4. The first-order valence-electron chi connectivity index (χ1n) is 7.33. The van der Waals surface area contributed by atoms with E-state index in [0.717, 1.165) is 18.2 Å². The van der Waals surface area contributed by atoms with E-state index in [2.05, 4.69) is 10.1 Å². The third-order valence-corrected chi connectivity index (χ3v) is 3.59. The fraction of sp³-hybridized carbons (Fsp3) is 0.188. The van der Waals surface area contributed by atoms with Gasteiger partial charge in [-0.3, -0.25) is 14.9 Å². The van der Waals surface area contributed by atoms with Crippen LogP contribution in [0.3, 0.4) is 0 Å². The molecule has 0 saturated carbocycles. The molecule has 7 nitrogen and oxygen atoms in total. The van der Waals surface area contributed by atoms with E-state index in [1.807, 2.05) is 0 Å². The summed E-state index contributed by atoms with van der Waals surface area (Å²) < 4.78 is 40.0. The Balaban J connectivity index is 2.02. The molecule has 0 saturated heterocycles. The maximum Gasteiger partial charge on any atom is 0.573 e. The molecular weight excluding hydrogens is 393 g/mol. The Bertz CT molecular complexity index is 843. The van der Waals surface area contributed by atoms with E-state index < -0.39 is 34.7 Å². The maximum atomic E-state index is 12.1. The minimum absolute atomic E-state index is 0.0828. The highest BCUT2D eigenvalue weighted by Crippen LogP contribution is 2.25. The third-order valence-electron chi connectivity index (χ3n) is 3.36. The number of nitrogens with one attached hydrogen (secondary N) is 1. The van der Waals surface area contributed by atoms with Crippen molar-refractivity contribution in [2.24, 2.45) is 0 Å². The van der Waals surface area contributed by atoms with Gasteiger partial charge in [-0.2, -0.15) is 0 Å². The summed E-state index contributed by atoms with van der Waals surface area (Å²) in [5.41, 5.74) is -0.524. The fourth-order valence-electron chi connectivity index (χ4n) is 2.14. The topological polar surface area (TPSA) is 102 Å². The highest BCUT2D eigenvalue weighted by Gasteiger charge is 2.31. The quantitative estimate of drug-likeness (QED) is 0.565. The van der Waals surface area contributed by atoms with E-state index >= 15 is 0 Å². The van der Waals surface area contributed by atoms with Gasteiger partial charge < -0.3 is 15.2 Å². The fourth-order valence-corrected chi connectivity index (χ4v) is 2.31. The van der Waals surface area contributed by atoms with Gasteiger partial charge in [0.25, 0.3) is 11.6 Å². The van der Waals surface area contributed by atoms with Crippen LogP contribution in [0.5, 0.6) is 5.75 Å². The molecule has 27 heavy (non-hydrogen) atoms. The molecule has 1 unspecified atom stereocenters. The van der Waals surface area contributed by atoms with Crippen LogP contribution in [0.4, 0.5) is 18.9 Å². The minimum Gasteiger partial charge on any atom is -0.406 e. The number of hydrogen-bond donors (Lipinski definition) is 2. The van der Waals surface area contributed by atoms with Crippen molar-refractivity contribution < 1.29 is 32.7 Å². The van der Waals surface area contributed by atoms with Crippen LogP contribution in [-0.4, -0.2) is 28.8 Å². The number of carbonyl (C=O) groups is 1. The van der Waals surface area contributed by atoms with E-state index in [4.69, 9.17) is 11.6 Å². The Kier molecular flexibility index (Phi) is 6.24. The van der Waals surface area contributed by atoms with Crippen molar-refractivity contribution >= 4 is 23.2 Å². The number of aliphatic hydroxyl groups is 1. The number of alkyl halides is 3. The molecule has 0 radical (unpaired) electrons. The van der Waals surface area contributed by atoms with Gasteiger partial charge in [0.15, 0.2) is 0 Å². The van der Waals surface area contributed by atoms with Gasteiger partial charge in [-0.15, -0.1) is 13.2 Å². The second kappa shape index (κ2) is 8.23. The van der Waals surface area contributed by atoms with Crippen LogP contribution >= 0.6 is 11.6 Å². The molecule has 0 spiro atoms. The zero-order chi connectivity index (χ0) is 20.2. The van der Waals surface area contributed by atoms with Crippen molar-refractivity contribution in [1.82, 2.24) is 5.32 Å². The molecule has 0 aliphatic heterocycles. The van der Waals surface area contributed by atoms with E-state index in [-0.39, 0.29) is 22.7 Å². The Labute approximate surface area is 155 Å². The normalized spacial score (nSPS) is 12.3. The SMILES string of the molecule is O=C(NCC(O)c1ccc(OC(F)(F)F)cc1)c1ccc(Cl)cc1[N+](=O)[O-]. The number of amides is 1. The zero-order valence-electron chi connectivity index (χ0n) is 13.4. The first-order chi connectivity index (χ1) is 12.6. The van der Waals surface area contributed by atoms with Gasteiger partial charge in [0.2, 0.25) is 0 Å². The van der Waals surface area contributed by atoms with E-state index in [9.17, 15) is 33.2 Å². The van der Waals surface area contributed by atoms with Gasteiger partial charge in [-0.25, -0.2) is 0 Å². The molecule has 2 rings (SSSR count). The lowest BCUT2D eigenvalue weighted by molar-refractivity contribution is -0.385. The molecule has 2 aromatic rings. The molecule has 1 atom stereocenters. The van der Waals surface area contributed by atoms with Crippen molar-refractivity contribution in [2.45, 2.75) is 12.5 Å². The lowest BCUT2D eigenvalue weighted by atomic mass is 10.1. The van der Waals surface area contributed by atoms with Crippen molar-refractivity contribution in [2.75, 3.05) is 6.54 Å². The lowest BCUT2D eigenvalue weighted by Crippen LogP contribution is -2.29. The van der Waals surface area contributed by atoms with Crippen LogP contribution in [0.2, 0.25) is 5.02 Å². The second-order valence-electron chi connectivity index (χ2n) is 5.26. The molecule has 2 N–H and O–H groups in total. The molecule has 0 aliphatic carbocycles. The van der Waals surface area contributed by atoms with Crippen LogP contribution in [0, 0.1) is 10.1 Å². The summed E-state index contributed by atoms with van der Waals surface area (Å²) in [5.74, 6) is -1.27. The Morgan fingerprint density at radius 3 is 2.44 bits per heavy atom. The van der Waals surface area contributed by atoms with Gasteiger partial charge in [0.05, 0.1) is 11.0 Å². The van der Waals surface area contributed by atoms with Crippen LogP contribution in [0.25, 0.3) is 0 Å². The smallest absolute Gasteiger partial charge is 0.406 e. The second-order valence-corrected chi connectivity index (χ2v) is 5.70. The van der Waals surface area contributed by atoms with Crippen molar-refractivity contribution in [3.63, 3.8) is 0 Å². The molecule has 0 aromatic heterocycles. The summed E-state index contributed by atoms with van der Waals surface area (Å²) in [6.45, 7) is -0.321. The molecule has 0 bridgehead atoms. The highest BCUT2D eigenvalue weighted by atomic mass is 35.5. The predicted molar refractivity (Wildman–Crippen MR) is 88.5 cm³/mol. The van der Waals surface area contributed by atoms with Crippen molar-refractivity contribution in [1.29, 1.82) is 0 Å². The molecule has 2 aromatic carbocycles. The Morgan fingerprint density at radius 1 is 1.26 bits per heavy atom. The summed E-state index contributed by atoms with van der Waals surface area (Å²) in [6.07, 6.45) is -6.08. The third kappa shape index (κ3) is 5.83. The lowest BCUT2D eigenvalue weighted by Gasteiger charge is -2.14. The Hall–Kier alpha value is -2.85. The predicted octanol–water partition coefficient (Wildman–Crippen LogP) is 3.61. The number of nitro benzene ring substituents is 1. The number of hydrogen-bond acceptors (Lipinski definition) is 5. The largest absolute Gasteiger partial charge is 0.573 e. The van der Waals surface area contributed by atoms with Crippen LogP contribution in [0.1, 0.15) is 22.0 Å². The molecule has 11 heteroatoms. The summed E-state index contributed by atoms with van der Waals surface area (Å²) in [4.78, 5) is 22.3. The van der Waals surface area contributed by atoms with E-state index in [0.29, 0.717) is 0 Å². The monoisotopic (exact) mass is 404 g/mol. The molecule has 144 valence electrons. The zero-order valence-corrected chi connectivity index (χ0v) is 14.1. The van der Waals surface area contributed by atoms with Gasteiger partial charge in [-0.1, -0.05) is 23.7 Å². The highest BCUT2D eigenvalue weighted by molar-refractivity contribution is 6.31. The summed E-state index contributed by atoms with van der Waals surface area (Å²) >= 11 is 5.67. The van der Waals surface area contributed by atoms with E-state index in [1.54, 1.807) is 0 Å². The standard InChI is InChI=1S/C16H12ClF3N2O5/c17-10-3-6-12(13(7-10)22(25)26)15(24)21-8-14(23)9-1-4-11(5-2-9)27-16(18,19)20/h1-7,14,23H,8H2,(H,21,24). The number of ether oxygens (including phenoxy) is 1. The van der Waals surface area contributed by atoms with Gasteiger partial charge >= 0.3 is 6.36 Å². The van der Waals surface area contributed by atoms with Crippen molar-refractivity contribution in [3.8, 4) is 5.75 Å². The average Bonchev–Trinajstić information content (AvgIpc) is 2.58. The number of benzene rings is 2. The van der Waals surface area contributed by atoms with Gasteiger partial charge in [0, 0.05) is 17.6 Å². The van der Waals surface area contributed by atoms with Gasteiger partial charge in [-0.05, 0) is 29.8 Å². The number of rotatable bonds is 6. The summed E-state index contributed by atoms with van der Waals surface area (Å²) in [7, 11) is 0. The van der Waals surface area contributed by atoms with Crippen LogP contribution < -0.4 is 10.1 Å². The van der Waals surface area contributed by atoms with Crippen molar-refractivity contribution in [3.05, 3.63) is 68.7 Å². The molecule has 0 aliphatic rings. The van der Waals surface area contributed by atoms with Gasteiger partial charge in [0.1, 0.15) is 11.3 Å². The minimum atomic E-state index is -4.83. The summed E-state index contributed by atoms with van der Waals surface area (Å²) in [6, 6.07) is 7.91. The molecule has 1 amide bonds. The first kappa shape index (κ1) is 20.5.